The molecule has 2 N–H and O–H groups in total. The van der Waals surface area contributed by atoms with E-state index in [4.69, 9.17) is 0 Å². The topological polar surface area (TPSA) is 87.7 Å². The molecular formula is C9H19N3O4S. The van der Waals surface area contributed by atoms with E-state index in [2.05, 4.69) is 14.8 Å². The standard InChI is InChI=1S/C9H19N3O4S/c1-9(2,8(13)16-3)11-17(14,15)12-6-4-10-5-7-12/h10-11H,4-7H2,1-3H3. The molecule has 0 saturated carbocycles. The van der Waals surface area contributed by atoms with Gasteiger partial charge >= 0.3 is 5.97 Å². The second-order valence-electron chi connectivity index (χ2n) is 4.37. The third-order valence-corrected chi connectivity index (χ3v) is 4.31. The number of hydrogen-bond acceptors (Lipinski definition) is 5. The van der Waals surface area contributed by atoms with E-state index in [9.17, 15) is 13.2 Å². The van der Waals surface area contributed by atoms with Crippen LogP contribution in [0.5, 0.6) is 0 Å². The van der Waals surface area contributed by atoms with Gasteiger partial charge in [0.1, 0.15) is 5.54 Å². The maximum absolute atomic E-state index is 12.0. The van der Waals surface area contributed by atoms with Crippen molar-refractivity contribution >= 4 is 16.2 Å². The Balaban J connectivity index is 2.74. The van der Waals surface area contributed by atoms with Crippen LogP contribution in [0.4, 0.5) is 0 Å². The average molecular weight is 265 g/mol. The van der Waals surface area contributed by atoms with Crippen LogP contribution in [0.3, 0.4) is 0 Å². The summed E-state index contributed by atoms with van der Waals surface area (Å²) in [6, 6.07) is 0. The number of rotatable bonds is 4. The van der Waals surface area contributed by atoms with E-state index in [1.54, 1.807) is 0 Å². The molecule has 1 rings (SSSR count). The largest absolute Gasteiger partial charge is 0.468 e. The first-order valence-electron chi connectivity index (χ1n) is 5.38. The third-order valence-electron chi connectivity index (χ3n) is 2.50. The first-order chi connectivity index (χ1) is 7.79. The number of piperazine rings is 1. The van der Waals surface area contributed by atoms with E-state index in [0.717, 1.165) is 0 Å². The molecule has 1 aliphatic rings. The Morgan fingerprint density at radius 1 is 1.35 bits per heavy atom. The minimum atomic E-state index is -3.65. The van der Waals surface area contributed by atoms with Crippen LogP contribution in [-0.2, 0) is 19.7 Å². The van der Waals surface area contributed by atoms with E-state index in [1.807, 2.05) is 0 Å². The van der Waals surface area contributed by atoms with Gasteiger partial charge in [0.25, 0.3) is 10.2 Å². The molecule has 7 nitrogen and oxygen atoms in total. The van der Waals surface area contributed by atoms with Gasteiger partial charge in [-0.15, -0.1) is 0 Å². The summed E-state index contributed by atoms with van der Waals surface area (Å²) in [5.41, 5.74) is -1.27. The van der Waals surface area contributed by atoms with Crippen molar-refractivity contribution in [2.45, 2.75) is 19.4 Å². The molecule has 0 unspecified atom stereocenters. The van der Waals surface area contributed by atoms with Crippen LogP contribution in [-0.4, -0.2) is 57.5 Å². The lowest BCUT2D eigenvalue weighted by molar-refractivity contribution is -0.146. The fourth-order valence-corrected chi connectivity index (χ4v) is 3.09. The van der Waals surface area contributed by atoms with Crippen molar-refractivity contribution in [1.29, 1.82) is 0 Å². The van der Waals surface area contributed by atoms with Crippen molar-refractivity contribution in [1.82, 2.24) is 14.3 Å². The Hall–Kier alpha value is -0.700. The average Bonchev–Trinajstić information content (AvgIpc) is 2.27. The summed E-state index contributed by atoms with van der Waals surface area (Å²) < 4.78 is 32.2. The van der Waals surface area contributed by atoms with Gasteiger partial charge in [-0.2, -0.15) is 17.4 Å². The van der Waals surface area contributed by atoms with Gasteiger partial charge in [-0.3, -0.25) is 4.79 Å². The van der Waals surface area contributed by atoms with Gasteiger partial charge in [-0.25, -0.2) is 0 Å². The molecule has 1 fully saturated rings. The summed E-state index contributed by atoms with van der Waals surface area (Å²) in [4.78, 5) is 11.4. The second kappa shape index (κ2) is 5.30. The highest BCUT2D eigenvalue weighted by atomic mass is 32.2. The quantitative estimate of drug-likeness (QED) is 0.615. The molecule has 8 heteroatoms. The van der Waals surface area contributed by atoms with Crippen molar-refractivity contribution in [3.05, 3.63) is 0 Å². The van der Waals surface area contributed by atoms with Crippen LogP contribution < -0.4 is 10.0 Å². The van der Waals surface area contributed by atoms with E-state index in [0.29, 0.717) is 26.2 Å². The Bertz CT molecular complexity index is 374. The molecule has 0 aliphatic carbocycles. The van der Waals surface area contributed by atoms with Crippen LogP contribution in [0.2, 0.25) is 0 Å². The van der Waals surface area contributed by atoms with Gasteiger partial charge < -0.3 is 10.1 Å². The number of ether oxygens (including phenoxy) is 1. The molecule has 0 spiro atoms. The normalized spacial score (nSPS) is 19.0. The molecule has 0 aromatic carbocycles. The summed E-state index contributed by atoms with van der Waals surface area (Å²) in [5.74, 6) is -0.615. The highest BCUT2D eigenvalue weighted by molar-refractivity contribution is 7.87. The fourth-order valence-electron chi connectivity index (χ4n) is 1.57. The SMILES string of the molecule is COC(=O)C(C)(C)NS(=O)(=O)N1CCNCC1. The lowest BCUT2D eigenvalue weighted by Crippen LogP contribution is -2.57. The highest BCUT2D eigenvalue weighted by Crippen LogP contribution is 2.10. The smallest absolute Gasteiger partial charge is 0.326 e. The molecule has 0 atom stereocenters. The molecule has 0 amide bonds. The molecule has 0 aromatic rings. The third kappa shape index (κ3) is 3.63. The van der Waals surface area contributed by atoms with Crippen LogP contribution in [0, 0.1) is 0 Å². The van der Waals surface area contributed by atoms with E-state index < -0.39 is 21.7 Å². The molecule has 0 bridgehead atoms. The molecule has 1 heterocycles. The van der Waals surface area contributed by atoms with Crippen molar-refractivity contribution in [3.63, 3.8) is 0 Å². The summed E-state index contributed by atoms with van der Waals surface area (Å²) in [5, 5.41) is 3.06. The van der Waals surface area contributed by atoms with Gasteiger partial charge in [-0.05, 0) is 13.8 Å². The number of nitrogens with zero attached hydrogens (tertiary/aromatic N) is 1. The molecule has 1 aliphatic heterocycles. The fraction of sp³-hybridized carbons (Fsp3) is 0.889. The Morgan fingerprint density at radius 2 is 1.88 bits per heavy atom. The van der Waals surface area contributed by atoms with Crippen molar-refractivity contribution in [2.75, 3.05) is 33.3 Å². The number of nitrogens with one attached hydrogen (secondary N) is 2. The number of carbonyl (C=O) groups excluding carboxylic acids is 1. The minimum Gasteiger partial charge on any atom is -0.468 e. The molecule has 17 heavy (non-hydrogen) atoms. The first-order valence-corrected chi connectivity index (χ1v) is 6.82. The number of methoxy groups -OCH3 is 1. The van der Waals surface area contributed by atoms with Crippen molar-refractivity contribution in [2.24, 2.45) is 0 Å². The van der Waals surface area contributed by atoms with Crippen molar-refractivity contribution < 1.29 is 17.9 Å². The molecule has 1 saturated heterocycles. The van der Waals surface area contributed by atoms with E-state index in [-0.39, 0.29) is 0 Å². The molecule has 100 valence electrons. The first kappa shape index (κ1) is 14.4. The highest BCUT2D eigenvalue weighted by Gasteiger charge is 2.36. The predicted octanol–water partition coefficient (Wildman–Crippen LogP) is -1.32. The lowest BCUT2D eigenvalue weighted by Gasteiger charge is -2.30. The summed E-state index contributed by atoms with van der Waals surface area (Å²) in [6.07, 6.45) is 0. The van der Waals surface area contributed by atoms with Crippen LogP contribution in [0.1, 0.15) is 13.8 Å². The van der Waals surface area contributed by atoms with Crippen LogP contribution in [0.15, 0.2) is 0 Å². The zero-order valence-corrected chi connectivity index (χ0v) is 11.1. The van der Waals surface area contributed by atoms with Gasteiger partial charge in [0, 0.05) is 26.2 Å². The maximum atomic E-state index is 12.0. The van der Waals surface area contributed by atoms with E-state index in [1.165, 1.54) is 25.3 Å². The molecular weight excluding hydrogens is 246 g/mol. The minimum absolute atomic E-state index is 0.395. The van der Waals surface area contributed by atoms with Crippen LogP contribution in [0.25, 0.3) is 0 Å². The van der Waals surface area contributed by atoms with E-state index >= 15 is 0 Å². The number of esters is 1. The van der Waals surface area contributed by atoms with Crippen molar-refractivity contribution in [3.8, 4) is 0 Å². The van der Waals surface area contributed by atoms with Gasteiger partial charge in [0.15, 0.2) is 0 Å². The Morgan fingerprint density at radius 3 is 2.35 bits per heavy atom. The summed E-state index contributed by atoms with van der Waals surface area (Å²) in [6.45, 7) is 4.95. The predicted molar refractivity (Wildman–Crippen MR) is 62.6 cm³/mol. The zero-order chi connectivity index (χ0) is 13.1. The number of carbonyl (C=O) groups is 1. The Kier molecular flexibility index (Phi) is 4.48. The summed E-state index contributed by atoms with van der Waals surface area (Å²) >= 11 is 0. The van der Waals surface area contributed by atoms with Gasteiger partial charge in [-0.1, -0.05) is 0 Å². The maximum Gasteiger partial charge on any atom is 0.326 e. The van der Waals surface area contributed by atoms with Gasteiger partial charge in [0.2, 0.25) is 0 Å². The lowest BCUT2D eigenvalue weighted by atomic mass is 10.1. The molecule has 0 aromatic heterocycles. The Labute approximate surface area is 102 Å². The van der Waals surface area contributed by atoms with Crippen LogP contribution >= 0.6 is 0 Å². The monoisotopic (exact) mass is 265 g/mol. The van der Waals surface area contributed by atoms with Gasteiger partial charge in [0.05, 0.1) is 7.11 Å². The number of hydrogen-bond donors (Lipinski definition) is 2. The zero-order valence-electron chi connectivity index (χ0n) is 10.3. The second-order valence-corrected chi connectivity index (χ2v) is 6.04. The summed E-state index contributed by atoms with van der Waals surface area (Å²) in [7, 11) is -2.43. The molecule has 0 radical (unpaired) electrons.